The van der Waals surface area contributed by atoms with Gasteiger partial charge >= 0.3 is 0 Å². The SMILES string of the molecule is Cc1cc(C(=O)Nc2ccccc2OC(C)C)cc(=O)[nH]1. The third-order valence-electron chi connectivity index (χ3n) is 2.74. The molecule has 5 heteroatoms. The summed E-state index contributed by atoms with van der Waals surface area (Å²) in [6, 6.07) is 10.1. The van der Waals surface area contributed by atoms with E-state index in [0.717, 1.165) is 0 Å². The molecule has 2 aromatic rings. The number of carbonyl (C=O) groups is 1. The zero-order valence-electron chi connectivity index (χ0n) is 12.3. The van der Waals surface area contributed by atoms with Gasteiger partial charge in [-0.3, -0.25) is 9.59 Å². The van der Waals surface area contributed by atoms with Gasteiger partial charge < -0.3 is 15.0 Å². The molecule has 2 rings (SSSR count). The van der Waals surface area contributed by atoms with Crippen molar-refractivity contribution in [3.8, 4) is 5.75 Å². The molecular formula is C16H18N2O3. The van der Waals surface area contributed by atoms with Gasteiger partial charge in [0.1, 0.15) is 5.75 Å². The maximum atomic E-state index is 12.2. The Morgan fingerprint density at radius 2 is 1.95 bits per heavy atom. The number of aryl methyl sites for hydroxylation is 1. The number of nitrogens with one attached hydrogen (secondary N) is 2. The van der Waals surface area contributed by atoms with Crippen LogP contribution in [-0.4, -0.2) is 17.0 Å². The first-order valence-electron chi connectivity index (χ1n) is 6.73. The predicted molar refractivity (Wildman–Crippen MR) is 82.0 cm³/mol. The molecule has 110 valence electrons. The van der Waals surface area contributed by atoms with Gasteiger partial charge in [-0.2, -0.15) is 0 Å². The van der Waals surface area contributed by atoms with Gasteiger partial charge in [-0.05, 0) is 39.0 Å². The molecule has 1 aromatic heterocycles. The number of aromatic amines is 1. The van der Waals surface area contributed by atoms with E-state index in [1.165, 1.54) is 6.07 Å². The predicted octanol–water partition coefficient (Wildman–Crippen LogP) is 2.72. The first-order chi connectivity index (χ1) is 9.95. The molecule has 5 nitrogen and oxygen atoms in total. The van der Waals surface area contributed by atoms with Crippen molar-refractivity contribution in [1.82, 2.24) is 4.98 Å². The average Bonchev–Trinajstić information content (AvgIpc) is 2.39. The van der Waals surface area contributed by atoms with Crippen LogP contribution >= 0.6 is 0 Å². The number of aromatic nitrogens is 1. The lowest BCUT2D eigenvalue weighted by atomic mass is 10.2. The van der Waals surface area contributed by atoms with Crippen LogP contribution in [-0.2, 0) is 0 Å². The van der Waals surface area contributed by atoms with Gasteiger partial charge in [-0.25, -0.2) is 0 Å². The number of para-hydroxylation sites is 2. The number of hydrogen-bond acceptors (Lipinski definition) is 3. The summed E-state index contributed by atoms with van der Waals surface area (Å²) < 4.78 is 5.65. The fourth-order valence-electron chi connectivity index (χ4n) is 1.93. The number of H-pyrrole nitrogens is 1. The molecule has 0 bridgehead atoms. The zero-order valence-corrected chi connectivity index (χ0v) is 12.3. The van der Waals surface area contributed by atoms with Crippen molar-refractivity contribution >= 4 is 11.6 Å². The quantitative estimate of drug-likeness (QED) is 0.907. The fourth-order valence-corrected chi connectivity index (χ4v) is 1.93. The second kappa shape index (κ2) is 6.26. The van der Waals surface area contributed by atoms with E-state index < -0.39 is 0 Å². The molecule has 2 N–H and O–H groups in total. The first kappa shape index (κ1) is 14.8. The van der Waals surface area contributed by atoms with E-state index in [0.29, 0.717) is 22.7 Å². The summed E-state index contributed by atoms with van der Waals surface area (Å²) >= 11 is 0. The second-order valence-corrected chi connectivity index (χ2v) is 5.03. The number of hydrogen-bond donors (Lipinski definition) is 2. The van der Waals surface area contributed by atoms with E-state index in [1.54, 1.807) is 25.1 Å². The highest BCUT2D eigenvalue weighted by Crippen LogP contribution is 2.25. The Morgan fingerprint density at radius 1 is 1.24 bits per heavy atom. The Hall–Kier alpha value is -2.56. The molecule has 1 heterocycles. The van der Waals surface area contributed by atoms with Crippen LogP contribution in [0.2, 0.25) is 0 Å². The number of amides is 1. The van der Waals surface area contributed by atoms with E-state index in [4.69, 9.17) is 4.74 Å². The Morgan fingerprint density at radius 3 is 2.62 bits per heavy atom. The summed E-state index contributed by atoms with van der Waals surface area (Å²) in [7, 11) is 0. The fraction of sp³-hybridized carbons (Fsp3) is 0.250. The van der Waals surface area contributed by atoms with Gasteiger partial charge in [0.2, 0.25) is 5.56 Å². The highest BCUT2D eigenvalue weighted by atomic mass is 16.5. The highest BCUT2D eigenvalue weighted by molar-refractivity contribution is 6.05. The normalized spacial score (nSPS) is 10.5. The van der Waals surface area contributed by atoms with Gasteiger partial charge in [-0.15, -0.1) is 0 Å². The molecule has 0 atom stereocenters. The Kier molecular flexibility index (Phi) is 4.42. The van der Waals surface area contributed by atoms with Crippen LogP contribution in [0.1, 0.15) is 29.9 Å². The van der Waals surface area contributed by atoms with Crippen molar-refractivity contribution < 1.29 is 9.53 Å². The van der Waals surface area contributed by atoms with Crippen molar-refractivity contribution in [1.29, 1.82) is 0 Å². The van der Waals surface area contributed by atoms with Crippen molar-refractivity contribution in [3.05, 3.63) is 58.0 Å². The monoisotopic (exact) mass is 286 g/mol. The molecule has 0 fully saturated rings. The third-order valence-corrected chi connectivity index (χ3v) is 2.74. The summed E-state index contributed by atoms with van der Waals surface area (Å²) in [5, 5.41) is 2.77. The Bertz CT molecular complexity index is 705. The summed E-state index contributed by atoms with van der Waals surface area (Å²) in [5.74, 6) is 0.256. The highest BCUT2D eigenvalue weighted by Gasteiger charge is 2.11. The Balaban J connectivity index is 2.25. The Labute approximate surface area is 123 Å². The summed E-state index contributed by atoms with van der Waals surface area (Å²) in [6.45, 7) is 5.56. The number of rotatable bonds is 4. The van der Waals surface area contributed by atoms with Crippen molar-refractivity contribution in [2.24, 2.45) is 0 Å². The molecular weight excluding hydrogens is 268 g/mol. The smallest absolute Gasteiger partial charge is 0.256 e. The summed E-state index contributed by atoms with van der Waals surface area (Å²) in [4.78, 5) is 26.3. The topological polar surface area (TPSA) is 71.2 Å². The maximum absolute atomic E-state index is 12.2. The van der Waals surface area contributed by atoms with Crippen LogP contribution < -0.4 is 15.6 Å². The van der Waals surface area contributed by atoms with E-state index >= 15 is 0 Å². The van der Waals surface area contributed by atoms with E-state index in [2.05, 4.69) is 10.3 Å². The average molecular weight is 286 g/mol. The van der Waals surface area contributed by atoms with Crippen LogP contribution in [0, 0.1) is 6.92 Å². The molecule has 1 amide bonds. The number of ether oxygens (including phenoxy) is 1. The van der Waals surface area contributed by atoms with Crippen LogP contribution in [0.3, 0.4) is 0 Å². The molecule has 0 unspecified atom stereocenters. The maximum Gasteiger partial charge on any atom is 0.256 e. The molecule has 0 radical (unpaired) electrons. The minimum absolute atomic E-state index is 0.00451. The van der Waals surface area contributed by atoms with E-state index in [-0.39, 0.29) is 17.6 Å². The van der Waals surface area contributed by atoms with Gasteiger partial charge in [0.05, 0.1) is 11.8 Å². The lowest BCUT2D eigenvalue weighted by Crippen LogP contribution is -2.17. The minimum atomic E-state index is -0.344. The van der Waals surface area contributed by atoms with E-state index in [1.807, 2.05) is 26.0 Å². The molecule has 0 aliphatic heterocycles. The van der Waals surface area contributed by atoms with Crippen LogP contribution in [0.15, 0.2) is 41.2 Å². The molecule has 0 saturated heterocycles. The molecule has 0 saturated carbocycles. The molecule has 0 aliphatic carbocycles. The standard InChI is InChI=1S/C16H18N2O3/c1-10(2)21-14-7-5-4-6-13(14)18-16(20)12-8-11(3)17-15(19)9-12/h4-10H,1-3H3,(H,17,19)(H,18,20). The van der Waals surface area contributed by atoms with Crippen molar-refractivity contribution in [2.45, 2.75) is 26.9 Å². The van der Waals surface area contributed by atoms with Crippen LogP contribution in [0.4, 0.5) is 5.69 Å². The van der Waals surface area contributed by atoms with Crippen molar-refractivity contribution in [2.75, 3.05) is 5.32 Å². The lowest BCUT2D eigenvalue weighted by molar-refractivity contribution is 0.102. The molecule has 0 spiro atoms. The zero-order chi connectivity index (χ0) is 15.4. The van der Waals surface area contributed by atoms with Gasteiger partial charge in [-0.1, -0.05) is 12.1 Å². The second-order valence-electron chi connectivity index (χ2n) is 5.03. The molecule has 21 heavy (non-hydrogen) atoms. The van der Waals surface area contributed by atoms with Gasteiger partial charge in [0.15, 0.2) is 0 Å². The third kappa shape index (κ3) is 3.95. The first-order valence-corrected chi connectivity index (χ1v) is 6.73. The van der Waals surface area contributed by atoms with Gasteiger partial charge in [0.25, 0.3) is 5.91 Å². The van der Waals surface area contributed by atoms with E-state index in [9.17, 15) is 9.59 Å². The molecule has 0 aliphatic rings. The summed E-state index contributed by atoms with van der Waals surface area (Å²) in [5.41, 5.74) is 1.23. The van der Waals surface area contributed by atoms with Gasteiger partial charge in [0, 0.05) is 17.3 Å². The van der Waals surface area contributed by atoms with Crippen molar-refractivity contribution in [3.63, 3.8) is 0 Å². The van der Waals surface area contributed by atoms with Crippen LogP contribution in [0.25, 0.3) is 0 Å². The number of carbonyl (C=O) groups excluding carboxylic acids is 1. The van der Waals surface area contributed by atoms with Crippen LogP contribution in [0.5, 0.6) is 5.75 Å². The number of anilines is 1. The minimum Gasteiger partial charge on any atom is -0.489 e. The summed E-state index contributed by atoms with van der Waals surface area (Å²) in [6.07, 6.45) is 0.00451. The molecule has 1 aromatic carbocycles. The lowest BCUT2D eigenvalue weighted by Gasteiger charge is -2.14. The number of benzene rings is 1. The number of pyridine rings is 1. The largest absolute Gasteiger partial charge is 0.489 e.